The molecule has 0 aromatic carbocycles. The fourth-order valence-corrected chi connectivity index (χ4v) is 4.52. The van der Waals surface area contributed by atoms with Crippen LogP contribution >= 0.6 is 11.6 Å². The average molecular weight is 440 g/mol. The van der Waals surface area contributed by atoms with E-state index >= 15 is 4.39 Å². The molecule has 0 unspecified atom stereocenters. The van der Waals surface area contributed by atoms with Crippen LogP contribution in [-0.4, -0.2) is 33.2 Å². The van der Waals surface area contributed by atoms with Crippen LogP contribution in [0.2, 0.25) is 5.15 Å². The Hall–Kier alpha value is -3.26. The number of aromatic nitrogens is 3. The van der Waals surface area contributed by atoms with Crippen LogP contribution in [0.1, 0.15) is 57.3 Å². The van der Waals surface area contributed by atoms with Crippen LogP contribution < -0.4 is 10.6 Å². The molecule has 0 saturated heterocycles. The van der Waals surface area contributed by atoms with E-state index in [2.05, 4.69) is 25.6 Å². The summed E-state index contributed by atoms with van der Waals surface area (Å²) in [4.78, 5) is 35.9. The van der Waals surface area contributed by atoms with E-state index < -0.39 is 5.82 Å². The van der Waals surface area contributed by atoms with E-state index in [-0.39, 0.29) is 34.1 Å². The van der Waals surface area contributed by atoms with Crippen LogP contribution in [0.25, 0.3) is 11.3 Å². The molecule has 7 nitrogen and oxygen atoms in total. The van der Waals surface area contributed by atoms with Gasteiger partial charge in [-0.15, -0.1) is 0 Å². The molecule has 0 radical (unpaired) electrons. The molecule has 0 saturated carbocycles. The number of aromatic amines is 1. The highest BCUT2D eigenvalue weighted by molar-refractivity contribution is 6.29. The van der Waals surface area contributed by atoms with Gasteiger partial charge in [-0.3, -0.25) is 9.59 Å². The number of ketones is 1. The number of rotatable bonds is 3. The molecule has 0 fully saturated rings. The number of pyridine rings is 2. The number of fused-ring (bicyclic) bond motifs is 5. The fourth-order valence-electron chi connectivity index (χ4n) is 4.36. The predicted octanol–water partition coefficient (Wildman–Crippen LogP) is 4.16. The second-order valence-corrected chi connectivity index (χ2v) is 8.32. The quantitative estimate of drug-likeness (QED) is 0.420. The first kappa shape index (κ1) is 19.7. The molecule has 9 heteroatoms. The van der Waals surface area contributed by atoms with Crippen molar-refractivity contribution in [3.05, 3.63) is 57.4 Å². The molecule has 3 aromatic heterocycles. The zero-order valence-corrected chi connectivity index (χ0v) is 17.7. The van der Waals surface area contributed by atoms with E-state index in [0.29, 0.717) is 41.9 Å². The summed E-state index contributed by atoms with van der Waals surface area (Å²) in [6.45, 7) is 3.96. The van der Waals surface area contributed by atoms with Crippen molar-refractivity contribution < 1.29 is 14.0 Å². The van der Waals surface area contributed by atoms with Gasteiger partial charge in [-0.25, -0.2) is 14.4 Å². The van der Waals surface area contributed by atoms with Gasteiger partial charge >= 0.3 is 0 Å². The Kier molecular flexibility index (Phi) is 4.55. The molecule has 1 aliphatic heterocycles. The van der Waals surface area contributed by atoms with Crippen molar-refractivity contribution in [3.8, 4) is 11.3 Å². The highest BCUT2D eigenvalue weighted by Crippen LogP contribution is 2.42. The monoisotopic (exact) mass is 439 g/mol. The summed E-state index contributed by atoms with van der Waals surface area (Å²) in [6, 6.07) is 1.46. The van der Waals surface area contributed by atoms with Crippen molar-refractivity contribution >= 4 is 34.8 Å². The summed E-state index contributed by atoms with van der Waals surface area (Å²) < 4.78 is 15.7. The Morgan fingerprint density at radius 1 is 1.26 bits per heavy atom. The van der Waals surface area contributed by atoms with Crippen LogP contribution in [0, 0.1) is 5.82 Å². The molecule has 1 amide bonds. The molecule has 5 rings (SSSR count). The largest absolute Gasteiger partial charge is 0.357 e. The normalized spacial score (nSPS) is 16.8. The van der Waals surface area contributed by atoms with Crippen molar-refractivity contribution in [2.24, 2.45) is 0 Å². The average Bonchev–Trinajstić information content (AvgIpc) is 3.13. The molecule has 4 heterocycles. The van der Waals surface area contributed by atoms with Gasteiger partial charge in [0, 0.05) is 36.1 Å². The number of hydrogen-bond acceptors (Lipinski definition) is 5. The number of halogens is 2. The molecule has 2 aliphatic rings. The summed E-state index contributed by atoms with van der Waals surface area (Å²) in [6.07, 6.45) is 4.19. The summed E-state index contributed by atoms with van der Waals surface area (Å²) in [5.74, 6) is -0.820. The van der Waals surface area contributed by atoms with E-state index in [0.717, 1.165) is 16.8 Å². The molecule has 3 N–H and O–H groups in total. The third-order valence-corrected chi connectivity index (χ3v) is 6.12. The SMILES string of the molecule is CC(=O)c1cnc(Cl)cc1Nc1ncc2c(c1F)-c1[nH]c3c(c1CC2)C(=O)NC[C@H]3C. The van der Waals surface area contributed by atoms with Crippen LogP contribution in [-0.2, 0) is 12.8 Å². The first-order valence-electron chi connectivity index (χ1n) is 9.99. The molecule has 1 atom stereocenters. The number of Topliss-reactive ketones (excluding diaryl/α,β-unsaturated/α-hetero) is 1. The van der Waals surface area contributed by atoms with Crippen LogP contribution in [0.3, 0.4) is 0 Å². The molecule has 1 aliphatic carbocycles. The minimum atomic E-state index is -0.549. The van der Waals surface area contributed by atoms with E-state index in [1.54, 1.807) is 6.20 Å². The number of H-pyrrole nitrogens is 1. The zero-order chi connectivity index (χ0) is 21.9. The number of anilines is 2. The van der Waals surface area contributed by atoms with E-state index in [9.17, 15) is 9.59 Å². The third kappa shape index (κ3) is 3.09. The Bertz CT molecular complexity index is 1270. The van der Waals surface area contributed by atoms with E-state index in [1.807, 2.05) is 6.92 Å². The first-order valence-corrected chi connectivity index (χ1v) is 10.4. The fraction of sp³-hybridized carbons (Fsp3) is 0.273. The van der Waals surface area contributed by atoms with Gasteiger partial charge in [-0.05, 0) is 37.0 Å². The molecular formula is C22H19ClFN5O2. The van der Waals surface area contributed by atoms with Crippen molar-refractivity contribution in [2.45, 2.75) is 32.6 Å². The number of nitrogens with zero attached hydrogens (tertiary/aromatic N) is 2. The molecule has 158 valence electrons. The van der Waals surface area contributed by atoms with Crippen molar-refractivity contribution in [3.63, 3.8) is 0 Å². The maximum atomic E-state index is 15.7. The van der Waals surface area contributed by atoms with Crippen molar-refractivity contribution in [1.82, 2.24) is 20.3 Å². The Morgan fingerprint density at radius 3 is 2.84 bits per heavy atom. The van der Waals surface area contributed by atoms with Gasteiger partial charge in [0.1, 0.15) is 5.15 Å². The number of carbonyl (C=O) groups excluding carboxylic acids is 2. The molecular weight excluding hydrogens is 421 g/mol. The lowest BCUT2D eigenvalue weighted by Crippen LogP contribution is -2.34. The van der Waals surface area contributed by atoms with Gasteiger partial charge in [0.15, 0.2) is 17.4 Å². The van der Waals surface area contributed by atoms with Gasteiger partial charge < -0.3 is 15.6 Å². The highest BCUT2D eigenvalue weighted by atomic mass is 35.5. The number of aryl methyl sites for hydroxylation is 1. The number of carbonyl (C=O) groups is 2. The minimum absolute atomic E-state index is 0.0264. The van der Waals surface area contributed by atoms with Crippen LogP contribution in [0.5, 0.6) is 0 Å². The first-order chi connectivity index (χ1) is 14.8. The number of hydrogen-bond donors (Lipinski definition) is 3. The van der Waals surface area contributed by atoms with E-state index in [4.69, 9.17) is 11.6 Å². The summed E-state index contributed by atoms with van der Waals surface area (Å²) >= 11 is 5.98. The second kappa shape index (κ2) is 7.16. The molecule has 31 heavy (non-hydrogen) atoms. The topological polar surface area (TPSA) is 99.8 Å². The van der Waals surface area contributed by atoms with Gasteiger partial charge in [0.05, 0.1) is 22.5 Å². The lowest BCUT2D eigenvalue weighted by atomic mass is 9.87. The van der Waals surface area contributed by atoms with Crippen LogP contribution in [0.15, 0.2) is 18.5 Å². The summed E-state index contributed by atoms with van der Waals surface area (Å²) in [7, 11) is 0. The highest BCUT2D eigenvalue weighted by Gasteiger charge is 2.34. The van der Waals surface area contributed by atoms with Gasteiger partial charge in [-0.1, -0.05) is 18.5 Å². The Balaban J connectivity index is 1.64. The van der Waals surface area contributed by atoms with Gasteiger partial charge in [0.2, 0.25) is 0 Å². The molecule has 0 bridgehead atoms. The maximum Gasteiger partial charge on any atom is 0.253 e. The molecule has 0 spiro atoms. The lowest BCUT2D eigenvalue weighted by Gasteiger charge is -2.21. The number of nitrogens with one attached hydrogen (secondary N) is 3. The molecule has 3 aromatic rings. The lowest BCUT2D eigenvalue weighted by molar-refractivity contribution is 0.0939. The van der Waals surface area contributed by atoms with Crippen LogP contribution in [0.4, 0.5) is 15.9 Å². The predicted molar refractivity (Wildman–Crippen MR) is 115 cm³/mol. The standard InChI is InChI=1S/C22H19ClFN5O2/c1-9-6-27-22(31)17-12-4-3-11-7-26-21(18(24)16(11)20(12)29-19(9)17)28-14-5-15(23)25-8-13(14)10(2)30/h5,7-9,29H,3-4,6H2,1-2H3,(H,27,31)(H,25,26,28)/t9-/m1/s1. The van der Waals surface area contributed by atoms with Crippen molar-refractivity contribution in [2.75, 3.05) is 11.9 Å². The second-order valence-electron chi connectivity index (χ2n) is 7.93. The summed E-state index contributed by atoms with van der Waals surface area (Å²) in [5.41, 5.74) is 4.70. The Labute approximate surface area is 182 Å². The zero-order valence-electron chi connectivity index (χ0n) is 16.9. The maximum absolute atomic E-state index is 15.7. The van der Waals surface area contributed by atoms with Crippen molar-refractivity contribution in [1.29, 1.82) is 0 Å². The Morgan fingerprint density at radius 2 is 2.06 bits per heavy atom. The van der Waals surface area contributed by atoms with Gasteiger partial charge in [-0.2, -0.15) is 0 Å². The van der Waals surface area contributed by atoms with E-state index in [1.165, 1.54) is 19.2 Å². The smallest absolute Gasteiger partial charge is 0.253 e. The summed E-state index contributed by atoms with van der Waals surface area (Å²) in [5, 5.41) is 5.97. The minimum Gasteiger partial charge on any atom is -0.357 e. The number of amides is 1. The third-order valence-electron chi connectivity index (χ3n) is 5.92. The van der Waals surface area contributed by atoms with Gasteiger partial charge in [0.25, 0.3) is 5.91 Å².